The Morgan fingerprint density at radius 2 is 1.71 bits per heavy atom. The molecule has 1 rings (SSSR count). The molecule has 0 saturated heterocycles. The molecule has 21 heavy (non-hydrogen) atoms. The van der Waals surface area contributed by atoms with E-state index in [0.717, 1.165) is 12.0 Å². The second kappa shape index (κ2) is 8.83. The van der Waals surface area contributed by atoms with Crippen LogP contribution in [0.15, 0.2) is 30.3 Å². The Kier molecular flexibility index (Phi) is 7.44. The summed E-state index contributed by atoms with van der Waals surface area (Å²) in [5.41, 5.74) is 1.06. The lowest BCUT2D eigenvalue weighted by Gasteiger charge is -2.23. The first-order valence-corrected chi connectivity index (χ1v) is 7.91. The summed E-state index contributed by atoms with van der Waals surface area (Å²) in [6, 6.07) is 9.48. The monoisotopic (exact) mass is 291 g/mol. The van der Waals surface area contributed by atoms with Crippen molar-refractivity contribution < 1.29 is 9.90 Å². The summed E-state index contributed by atoms with van der Waals surface area (Å²) in [7, 11) is 0. The van der Waals surface area contributed by atoms with Crippen LogP contribution in [0.1, 0.15) is 46.1 Å². The third-order valence-electron chi connectivity index (χ3n) is 3.70. The van der Waals surface area contributed by atoms with Gasteiger partial charge in [-0.3, -0.25) is 4.79 Å². The van der Waals surface area contributed by atoms with Crippen LogP contribution in [-0.4, -0.2) is 23.2 Å². The first-order valence-electron chi connectivity index (χ1n) is 7.91. The van der Waals surface area contributed by atoms with Crippen LogP contribution in [0.2, 0.25) is 0 Å². The Morgan fingerprint density at radius 3 is 2.24 bits per heavy atom. The molecule has 1 aromatic rings. The van der Waals surface area contributed by atoms with Crippen molar-refractivity contribution in [2.75, 3.05) is 0 Å². The lowest BCUT2D eigenvalue weighted by Crippen LogP contribution is -2.44. The molecule has 0 bridgehead atoms. The number of carbonyl (C=O) groups is 1. The number of hydrogen-bond donors (Lipinski definition) is 2. The van der Waals surface area contributed by atoms with E-state index in [0.29, 0.717) is 18.3 Å². The van der Waals surface area contributed by atoms with Crippen LogP contribution in [0.4, 0.5) is 0 Å². The number of hydrogen-bond acceptors (Lipinski definition) is 2. The van der Waals surface area contributed by atoms with Crippen molar-refractivity contribution in [2.24, 2.45) is 11.8 Å². The Balaban J connectivity index is 2.52. The van der Waals surface area contributed by atoms with Crippen molar-refractivity contribution in [1.82, 2.24) is 5.32 Å². The highest BCUT2D eigenvalue weighted by Gasteiger charge is 2.21. The van der Waals surface area contributed by atoms with E-state index in [1.165, 1.54) is 6.42 Å². The second-order valence-corrected chi connectivity index (χ2v) is 6.62. The van der Waals surface area contributed by atoms with Gasteiger partial charge in [-0.05, 0) is 43.6 Å². The van der Waals surface area contributed by atoms with Gasteiger partial charge in [-0.25, -0.2) is 0 Å². The van der Waals surface area contributed by atoms with E-state index in [9.17, 15) is 9.90 Å². The first-order chi connectivity index (χ1) is 9.88. The minimum Gasteiger partial charge on any atom is -0.480 e. The highest BCUT2D eigenvalue weighted by molar-refractivity contribution is 5.74. The van der Waals surface area contributed by atoms with Crippen LogP contribution in [0.5, 0.6) is 0 Å². The van der Waals surface area contributed by atoms with E-state index in [2.05, 4.69) is 33.0 Å². The molecule has 0 amide bonds. The highest BCUT2D eigenvalue weighted by atomic mass is 16.4. The topological polar surface area (TPSA) is 49.3 Å². The summed E-state index contributed by atoms with van der Waals surface area (Å²) in [5.74, 6) is 0.521. The van der Waals surface area contributed by atoms with Crippen molar-refractivity contribution in [2.45, 2.75) is 59.0 Å². The van der Waals surface area contributed by atoms with Gasteiger partial charge in [-0.2, -0.15) is 0 Å². The fourth-order valence-corrected chi connectivity index (χ4v) is 2.98. The minimum absolute atomic E-state index is 0.212. The molecule has 0 radical (unpaired) electrons. The SMILES string of the molecule is CC(C)CC(C)CC(C)N[C@H](Cc1ccccc1)C(=O)O. The maximum Gasteiger partial charge on any atom is 0.321 e. The van der Waals surface area contributed by atoms with Crippen molar-refractivity contribution in [1.29, 1.82) is 0 Å². The fraction of sp³-hybridized carbons (Fsp3) is 0.611. The Bertz CT molecular complexity index is 416. The number of carboxylic acid groups (broad SMARTS) is 1. The van der Waals surface area contributed by atoms with Crippen molar-refractivity contribution in [3.63, 3.8) is 0 Å². The maximum atomic E-state index is 11.4. The van der Waals surface area contributed by atoms with Crippen LogP contribution in [0.3, 0.4) is 0 Å². The van der Waals surface area contributed by atoms with Crippen LogP contribution in [-0.2, 0) is 11.2 Å². The lowest BCUT2D eigenvalue weighted by molar-refractivity contribution is -0.139. The van der Waals surface area contributed by atoms with E-state index >= 15 is 0 Å². The third kappa shape index (κ3) is 7.28. The average molecular weight is 291 g/mol. The molecule has 3 atom stereocenters. The minimum atomic E-state index is -0.776. The zero-order valence-corrected chi connectivity index (χ0v) is 13.7. The standard InChI is InChI=1S/C18H29NO2/c1-13(2)10-14(3)11-15(4)19-17(18(20)21)12-16-8-6-5-7-9-16/h5-9,13-15,17,19H,10-12H2,1-4H3,(H,20,21)/t14?,15?,17-/m1/s1. The quantitative estimate of drug-likeness (QED) is 0.729. The van der Waals surface area contributed by atoms with E-state index in [1.54, 1.807) is 0 Å². The van der Waals surface area contributed by atoms with Gasteiger partial charge in [0.05, 0.1) is 0 Å². The fourth-order valence-electron chi connectivity index (χ4n) is 2.98. The molecule has 3 heteroatoms. The van der Waals surface area contributed by atoms with Crippen molar-refractivity contribution in [3.8, 4) is 0 Å². The molecule has 118 valence electrons. The summed E-state index contributed by atoms with van der Waals surface area (Å²) in [6.45, 7) is 8.77. The molecule has 0 aliphatic carbocycles. The zero-order valence-electron chi connectivity index (χ0n) is 13.7. The molecule has 0 fully saturated rings. The number of aliphatic carboxylic acids is 1. The van der Waals surface area contributed by atoms with Gasteiger partial charge in [0.25, 0.3) is 0 Å². The molecular weight excluding hydrogens is 262 g/mol. The van der Waals surface area contributed by atoms with Gasteiger partial charge >= 0.3 is 5.97 Å². The average Bonchev–Trinajstić information content (AvgIpc) is 2.37. The van der Waals surface area contributed by atoms with Gasteiger partial charge in [-0.1, -0.05) is 51.1 Å². The van der Waals surface area contributed by atoms with Gasteiger partial charge in [0.15, 0.2) is 0 Å². The number of nitrogens with one attached hydrogen (secondary N) is 1. The normalized spacial score (nSPS) is 15.7. The van der Waals surface area contributed by atoms with Crippen LogP contribution < -0.4 is 5.32 Å². The van der Waals surface area contributed by atoms with Crippen LogP contribution >= 0.6 is 0 Å². The molecular formula is C18H29NO2. The molecule has 0 aliphatic rings. The summed E-state index contributed by atoms with van der Waals surface area (Å²) < 4.78 is 0. The third-order valence-corrected chi connectivity index (χ3v) is 3.70. The summed E-state index contributed by atoms with van der Waals surface area (Å²) in [4.78, 5) is 11.4. The number of benzene rings is 1. The van der Waals surface area contributed by atoms with E-state index < -0.39 is 12.0 Å². The molecule has 0 saturated carbocycles. The van der Waals surface area contributed by atoms with Gasteiger partial charge in [0.1, 0.15) is 6.04 Å². The largest absolute Gasteiger partial charge is 0.480 e. The maximum absolute atomic E-state index is 11.4. The molecule has 0 aromatic heterocycles. The Labute approximate surface area is 128 Å². The highest BCUT2D eigenvalue weighted by Crippen LogP contribution is 2.17. The molecule has 2 unspecified atom stereocenters. The molecule has 1 aromatic carbocycles. The molecule has 2 N–H and O–H groups in total. The molecule has 0 aliphatic heterocycles. The van der Waals surface area contributed by atoms with Crippen LogP contribution in [0, 0.1) is 11.8 Å². The van der Waals surface area contributed by atoms with E-state index in [1.807, 2.05) is 30.3 Å². The smallest absolute Gasteiger partial charge is 0.321 e. The number of rotatable bonds is 9. The Morgan fingerprint density at radius 1 is 1.10 bits per heavy atom. The molecule has 0 spiro atoms. The summed E-state index contributed by atoms with van der Waals surface area (Å²) in [5, 5.41) is 12.7. The lowest BCUT2D eigenvalue weighted by atomic mass is 9.92. The summed E-state index contributed by atoms with van der Waals surface area (Å²) >= 11 is 0. The van der Waals surface area contributed by atoms with E-state index in [4.69, 9.17) is 0 Å². The Hall–Kier alpha value is -1.35. The molecule has 0 heterocycles. The molecule has 3 nitrogen and oxygen atoms in total. The van der Waals surface area contributed by atoms with Crippen LogP contribution in [0.25, 0.3) is 0 Å². The van der Waals surface area contributed by atoms with E-state index in [-0.39, 0.29) is 6.04 Å². The van der Waals surface area contributed by atoms with Gasteiger partial charge in [-0.15, -0.1) is 0 Å². The zero-order chi connectivity index (χ0) is 15.8. The predicted molar refractivity (Wildman–Crippen MR) is 87.4 cm³/mol. The predicted octanol–water partition coefficient (Wildman–Crippen LogP) is 3.73. The number of carboxylic acids is 1. The van der Waals surface area contributed by atoms with Gasteiger partial charge in [0.2, 0.25) is 0 Å². The summed E-state index contributed by atoms with van der Waals surface area (Å²) in [6.07, 6.45) is 2.72. The van der Waals surface area contributed by atoms with Crippen molar-refractivity contribution >= 4 is 5.97 Å². The van der Waals surface area contributed by atoms with Gasteiger partial charge in [0, 0.05) is 6.04 Å². The second-order valence-electron chi connectivity index (χ2n) is 6.62. The first kappa shape index (κ1) is 17.7. The van der Waals surface area contributed by atoms with Gasteiger partial charge < -0.3 is 10.4 Å². The van der Waals surface area contributed by atoms with Crippen molar-refractivity contribution in [3.05, 3.63) is 35.9 Å².